The van der Waals surface area contributed by atoms with Gasteiger partial charge in [-0.3, -0.25) is 4.79 Å². The van der Waals surface area contributed by atoms with Crippen LogP contribution in [-0.4, -0.2) is 80.6 Å². The number of carbonyl (C=O) groups is 2. The standard InChI is InChI=1S/C32H33ClO11/c1-14(2)6-7-29-23-16(10-19(35)24(29)41-29)17-11-27(4)13-28(26(38)39-5)12-21(36)30(27,33)31(17,44-43-23)32(28)40-20-9-15(3)8-18(34)22(20)25(37)42-32/h6,8-11,19,21,23-24,34-36H,7,12-13H2,1-5H3. The molecule has 10 unspecified atom stereocenters. The van der Waals surface area contributed by atoms with E-state index >= 15 is 0 Å². The number of carbonyl (C=O) groups excluding carboxylic acids is 2. The van der Waals surface area contributed by atoms with E-state index < -0.39 is 69.0 Å². The van der Waals surface area contributed by atoms with Crippen molar-refractivity contribution in [1.82, 2.24) is 0 Å². The minimum Gasteiger partial charge on any atom is -0.507 e. The summed E-state index contributed by atoms with van der Waals surface area (Å²) in [6.45, 7) is 7.41. The summed E-state index contributed by atoms with van der Waals surface area (Å²) in [5.74, 6) is -4.58. The predicted molar refractivity (Wildman–Crippen MR) is 151 cm³/mol. The van der Waals surface area contributed by atoms with Gasteiger partial charge in [-0.15, -0.1) is 11.6 Å². The van der Waals surface area contributed by atoms with Crippen LogP contribution in [0.25, 0.3) is 0 Å². The number of ether oxygens (including phenoxy) is 4. The lowest BCUT2D eigenvalue weighted by Crippen LogP contribution is -2.90. The molecule has 0 aromatic heterocycles. The summed E-state index contributed by atoms with van der Waals surface area (Å²) >= 11 is 7.63. The Labute approximate surface area is 257 Å². The van der Waals surface area contributed by atoms with Gasteiger partial charge in [0.25, 0.3) is 0 Å². The van der Waals surface area contributed by atoms with Crippen molar-refractivity contribution in [2.75, 3.05) is 7.11 Å². The van der Waals surface area contributed by atoms with Gasteiger partial charge in [-0.25, -0.2) is 14.6 Å². The number of esters is 2. The van der Waals surface area contributed by atoms with Crippen LogP contribution in [0, 0.1) is 17.8 Å². The minimum absolute atomic E-state index is 0.0508. The van der Waals surface area contributed by atoms with E-state index in [4.69, 9.17) is 40.3 Å². The van der Waals surface area contributed by atoms with E-state index in [0.717, 1.165) is 5.57 Å². The highest BCUT2D eigenvalue weighted by Gasteiger charge is 2.96. The molecule has 1 aromatic carbocycles. The molecule has 3 saturated carbocycles. The number of aliphatic hydroxyl groups is 2. The third-order valence-electron chi connectivity index (χ3n) is 11.0. The summed E-state index contributed by atoms with van der Waals surface area (Å²) in [6.07, 6.45) is 1.71. The van der Waals surface area contributed by atoms with E-state index in [9.17, 15) is 24.9 Å². The lowest BCUT2D eigenvalue weighted by atomic mass is 9.42. The summed E-state index contributed by atoms with van der Waals surface area (Å²) in [5, 5.41) is 33.8. The number of benzene rings is 1. The smallest absolute Gasteiger partial charge is 0.349 e. The number of aliphatic hydroxyl groups excluding tert-OH is 2. The van der Waals surface area contributed by atoms with Crippen LogP contribution in [0.15, 0.2) is 47.1 Å². The van der Waals surface area contributed by atoms with Crippen LogP contribution in [0.4, 0.5) is 0 Å². The van der Waals surface area contributed by atoms with Gasteiger partial charge in [-0.2, -0.15) is 0 Å². The second-order valence-corrected chi connectivity index (χ2v) is 14.4. The lowest BCUT2D eigenvalue weighted by molar-refractivity contribution is -0.480. The Morgan fingerprint density at radius 2 is 1.98 bits per heavy atom. The topological polar surface area (TPSA) is 154 Å². The van der Waals surface area contributed by atoms with Gasteiger partial charge in [-0.1, -0.05) is 24.6 Å². The molecule has 3 heterocycles. The Balaban J connectivity index is 1.40. The molecule has 44 heavy (non-hydrogen) atoms. The number of epoxide rings is 1. The van der Waals surface area contributed by atoms with Gasteiger partial charge >= 0.3 is 17.7 Å². The molecule has 234 valence electrons. The first-order valence-corrected chi connectivity index (χ1v) is 15.1. The highest BCUT2D eigenvalue weighted by atomic mass is 35.5. The van der Waals surface area contributed by atoms with Gasteiger partial charge < -0.3 is 34.3 Å². The van der Waals surface area contributed by atoms with Crippen molar-refractivity contribution in [3.05, 3.63) is 58.2 Å². The van der Waals surface area contributed by atoms with Crippen molar-refractivity contribution >= 4 is 23.5 Å². The van der Waals surface area contributed by atoms with E-state index in [1.807, 2.05) is 26.0 Å². The third-order valence-corrected chi connectivity index (χ3v) is 12.0. The number of methoxy groups -OCH3 is 1. The Kier molecular flexibility index (Phi) is 5.36. The number of alkyl halides is 1. The first-order chi connectivity index (χ1) is 20.7. The Hall–Kier alpha value is -2.93. The SMILES string of the molecule is COC(=O)C12CC(O)C3(Cl)C(C)(C=C4C5=CC(O)C6OC6(CC=C(C)C)C5OOC43C13OC(=O)c1c(O)cc(C)cc1O3)C2. The molecule has 0 radical (unpaired) electrons. The molecule has 9 rings (SSSR count). The third kappa shape index (κ3) is 2.81. The molecule has 5 aliphatic carbocycles. The van der Waals surface area contributed by atoms with Crippen molar-refractivity contribution in [1.29, 1.82) is 0 Å². The number of hydrogen-bond donors (Lipinski definition) is 3. The molecule has 2 spiro atoms. The van der Waals surface area contributed by atoms with Gasteiger partial charge in [0.05, 0.1) is 13.2 Å². The number of halogens is 1. The van der Waals surface area contributed by atoms with Crippen LogP contribution < -0.4 is 4.74 Å². The molecule has 5 fully saturated rings. The van der Waals surface area contributed by atoms with Crippen molar-refractivity contribution in [3.63, 3.8) is 0 Å². The van der Waals surface area contributed by atoms with Gasteiger partial charge in [0.15, 0.2) is 5.41 Å². The summed E-state index contributed by atoms with van der Waals surface area (Å²) in [4.78, 5) is 38.8. The zero-order valence-corrected chi connectivity index (χ0v) is 25.6. The lowest BCUT2D eigenvalue weighted by Gasteiger charge is -2.71. The van der Waals surface area contributed by atoms with Crippen molar-refractivity contribution in [2.24, 2.45) is 10.8 Å². The zero-order valence-electron chi connectivity index (χ0n) is 24.8. The number of allylic oxidation sites excluding steroid dienone is 2. The van der Waals surface area contributed by atoms with Gasteiger partial charge in [0.1, 0.15) is 45.8 Å². The van der Waals surface area contributed by atoms with Crippen molar-refractivity contribution in [3.8, 4) is 11.5 Å². The molecule has 8 aliphatic rings. The van der Waals surface area contributed by atoms with Crippen LogP contribution in [-0.2, 0) is 28.8 Å². The van der Waals surface area contributed by atoms with Crippen molar-refractivity contribution < 1.29 is 53.6 Å². The van der Waals surface area contributed by atoms with Gasteiger partial charge in [0, 0.05) is 11.8 Å². The number of fused-ring (bicyclic) bond motifs is 6. The highest BCUT2D eigenvalue weighted by molar-refractivity contribution is 6.28. The Morgan fingerprint density at radius 3 is 2.68 bits per heavy atom. The predicted octanol–water partition coefficient (Wildman–Crippen LogP) is 3.06. The maximum absolute atomic E-state index is 14.0. The number of aromatic hydroxyl groups is 1. The minimum atomic E-state index is -2.37. The fraction of sp³-hybridized carbons (Fsp3) is 0.562. The molecule has 3 aliphatic heterocycles. The largest absolute Gasteiger partial charge is 0.507 e. The number of hydrogen-bond acceptors (Lipinski definition) is 11. The zero-order chi connectivity index (χ0) is 31.4. The van der Waals surface area contributed by atoms with Gasteiger partial charge in [-0.05, 0) is 68.5 Å². The summed E-state index contributed by atoms with van der Waals surface area (Å²) in [5.41, 5.74) is -3.88. The normalized spacial score (nSPS) is 46.8. The molecule has 1 aromatic rings. The molecular weight excluding hydrogens is 596 g/mol. The number of phenolic OH excluding ortho intramolecular Hbond substituents is 1. The monoisotopic (exact) mass is 628 g/mol. The van der Waals surface area contributed by atoms with Gasteiger partial charge in [0.2, 0.25) is 5.60 Å². The summed E-state index contributed by atoms with van der Waals surface area (Å²) < 4.78 is 24.3. The van der Waals surface area contributed by atoms with E-state index in [-0.39, 0.29) is 29.9 Å². The van der Waals surface area contributed by atoms with E-state index in [1.54, 1.807) is 26.0 Å². The molecule has 3 N–H and O–H groups in total. The maximum Gasteiger partial charge on any atom is 0.349 e. The molecule has 2 saturated heterocycles. The number of rotatable bonds is 3. The second kappa shape index (κ2) is 8.26. The molecule has 11 nitrogen and oxygen atoms in total. The maximum atomic E-state index is 14.0. The first kappa shape index (κ1) is 28.5. The quantitative estimate of drug-likeness (QED) is 0.149. The Bertz CT molecular complexity index is 1660. The molecule has 10 atom stereocenters. The Morgan fingerprint density at radius 1 is 1.23 bits per heavy atom. The molecule has 0 amide bonds. The highest BCUT2D eigenvalue weighted by Crippen LogP contribution is 2.81. The fourth-order valence-corrected chi connectivity index (χ4v) is 9.71. The molecule has 4 bridgehead atoms. The van der Waals surface area contributed by atoms with E-state index in [1.165, 1.54) is 13.2 Å². The number of aryl methyl sites for hydroxylation is 1. The van der Waals surface area contributed by atoms with Crippen molar-refractivity contribution in [2.45, 2.75) is 93.2 Å². The fourth-order valence-electron chi connectivity index (χ4n) is 9.26. The molecule has 12 heteroatoms. The summed E-state index contributed by atoms with van der Waals surface area (Å²) in [7, 11) is 1.20. The molecular formula is C32H33ClO11. The van der Waals surface area contributed by atoms with Crippen LogP contribution >= 0.6 is 11.6 Å². The number of phenols is 1. The van der Waals surface area contributed by atoms with Crippen LogP contribution in [0.5, 0.6) is 11.5 Å². The van der Waals surface area contributed by atoms with E-state index in [2.05, 4.69) is 0 Å². The van der Waals surface area contributed by atoms with E-state index in [0.29, 0.717) is 23.1 Å². The second-order valence-electron chi connectivity index (χ2n) is 13.8. The van der Waals surface area contributed by atoms with Crippen LogP contribution in [0.2, 0.25) is 0 Å². The first-order valence-electron chi connectivity index (χ1n) is 14.7. The van der Waals surface area contributed by atoms with Crippen LogP contribution in [0.3, 0.4) is 0 Å². The average molecular weight is 629 g/mol. The average Bonchev–Trinajstić information content (AvgIpc) is 3.66. The summed E-state index contributed by atoms with van der Waals surface area (Å²) in [6, 6.07) is 2.94. The van der Waals surface area contributed by atoms with Crippen LogP contribution in [0.1, 0.15) is 56.0 Å².